The highest BCUT2D eigenvalue weighted by Gasteiger charge is 2.16. The van der Waals surface area contributed by atoms with Crippen molar-refractivity contribution in [2.45, 2.75) is 30.3 Å². The van der Waals surface area contributed by atoms with Gasteiger partial charge in [-0.1, -0.05) is 30.3 Å². The van der Waals surface area contributed by atoms with Gasteiger partial charge in [-0.25, -0.2) is 13.1 Å². The number of hydrogen-bond donors (Lipinski definition) is 2. The summed E-state index contributed by atoms with van der Waals surface area (Å²) in [6.45, 7) is 1.41. The molecular formula is C21H26N2O5S. The van der Waals surface area contributed by atoms with E-state index in [9.17, 15) is 13.2 Å². The molecule has 7 nitrogen and oxygen atoms in total. The Morgan fingerprint density at radius 1 is 1.10 bits per heavy atom. The van der Waals surface area contributed by atoms with Gasteiger partial charge in [0.05, 0.1) is 11.0 Å². The minimum absolute atomic E-state index is 0.0813. The molecule has 3 rings (SSSR count). The van der Waals surface area contributed by atoms with E-state index in [2.05, 4.69) is 10.0 Å². The molecule has 0 bridgehead atoms. The highest BCUT2D eigenvalue weighted by molar-refractivity contribution is 7.89. The van der Waals surface area contributed by atoms with Crippen LogP contribution in [0.15, 0.2) is 59.5 Å². The van der Waals surface area contributed by atoms with Gasteiger partial charge in [0.1, 0.15) is 5.75 Å². The SMILES string of the molecule is O=C(COc1ccc(S(=O)(=O)NCCc2ccccc2)cc1)NC[C@@H]1CCCO1. The minimum atomic E-state index is -3.60. The Morgan fingerprint density at radius 3 is 2.55 bits per heavy atom. The van der Waals surface area contributed by atoms with E-state index >= 15 is 0 Å². The van der Waals surface area contributed by atoms with Gasteiger partial charge < -0.3 is 14.8 Å². The lowest BCUT2D eigenvalue weighted by Crippen LogP contribution is -2.35. The zero-order valence-electron chi connectivity index (χ0n) is 16.2. The number of nitrogens with one attached hydrogen (secondary N) is 2. The van der Waals surface area contributed by atoms with Gasteiger partial charge >= 0.3 is 0 Å². The van der Waals surface area contributed by atoms with Gasteiger partial charge in [-0.15, -0.1) is 0 Å². The molecule has 1 amide bonds. The first-order valence-electron chi connectivity index (χ1n) is 9.68. The van der Waals surface area contributed by atoms with Crippen LogP contribution in [0, 0.1) is 0 Å². The summed E-state index contributed by atoms with van der Waals surface area (Å²) in [5, 5.41) is 2.77. The van der Waals surface area contributed by atoms with Gasteiger partial charge in [0.15, 0.2) is 6.61 Å². The van der Waals surface area contributed by atoms with E-state index in [0.29, 0.717) is 25.3 Å². The van der Waals surface area contributed by atoms with Crippen LogP contribution < -0.4 is 14.8 Å². The van der Waals surface area contributed by atoms with E-state index in [1.165, 1.54) is 12.1 Å². The molecule has 2 aromatic rings. The number of carbonyl (C=O) groups excluding carboxylic acids is 1. The van der Waals surface area contributed by atoms with Gasteiger partial charge in [-0.3, -0.25) is 4.79 Å². The molecule has 29 heavy (non-hydrogen) atoms. The number of carbonyl (C=O) groups is 1. The fourth-order valence-corrected chi connectivity index (χ4v) is 4.04. The molecule has 1 atom stereocenters. The fraction of sp³-hybridized carbons (Fsp3) is 0.381. The first kappa shape index (κ1) is 21.3. The number of ether oxygens (including phenoxy) is 2. The Kier molecular flexibility index (Phi) is 7.62. The zero-order valence-corrected chi connectivity index (χ0v) is 17.0. The third kappa shape index (κ3) is 6.85. The lowest BCUT2D eigenvalue weighted by Gasteiger charge is -2.12. The van der Waals surface area contributed by atoms with Crippen molar-refractivity contribution in [3.63, 3.8) is 0 Å². The summed E-state index contributed by atoms with van der Waals surface area (Å²) in [6, 6.07) is 15.7. The molecule has 8 heteroatoms. The molecule has 0 unspecified atom stereocenters. The number of amides is 1. The Morgan fingerprint density at radius 2 is 1.86 bits per heavy atom. The van der Waals surface area contributed by atoms with Crippen molar-refractivity contribution in [1.29, 1.82) is 0 Å². The first-order valence-corrected chi connectivity index (χ1v) is 11.2. The monoisotopic (exact) mass is 418 g/mol. The molecule has 0 aliphatic carbocycles. The first-order chi connectivity index (χ1) is 14.0. The van der Waals surface area contributed by atoms with E-state index in [1.807, 2.05) is 30.3 Å². The molecule has 1 heterocycles. The Bertz CT molecular complexity index is 879. The van der Waals surface area contributed by atoms with Crippen LogP contribution >= 0.6 is 0 Å². The second-order valence-electron chi connectivity index (χ2n) is 6.83. The largest absolute Gasteiger partial charge is 0.484 e. The molecule has 0 aromatic heterocycles. The summed E-state index contributed by atoms with van der Waals surface area (Å²) in [5.41, 5.74) is 1.07. The van der Waals surface area contributed by atoms with Gasteiger partial charge in [0.25, 0.3) is 5.91 Å². The number of rotatable bonds is 10. The maximum atomic E-state index is 12.4. The molecule has 2 N–H and O–H groups in total. The average Bonchev–Trinajstić information content (AvgIpc) is 3.25. The third-order valence-corrected chi connectivity index (χ3v) is 6.08. The van der Waals surface area contributed by atoms with Crippen LogP contribution in [0.4, 0.5) is 0 Å². The molecule has 0 spiro atoms. The summed E-state index contributed by atoms with van der Waals surface area (Å²) in [4.78, 5) is 12.0. The van der Waals surface area contributed by atoms with Crippen molar-refractivity contribution in [3.8, 4) is 5.75 Å². The highest BCUT2D eigenvalue weighted by atomic mass is 32.2. The Hall–Kier alpha value is -2.42. The molecule has 1 aliphatic heterocycles. The van der Waals surface area contributed by atoms with Gasteiger partial charge in [-0.05, 0) is 49.1 Å². The van der Waals surface area contributed by atoms with E-state index in [-0.39, 0.29) is 23.5 Å². The van der Waals surface area contributed by atoms with Crippen LogP contribution in [0.5, 0.6) is 5.75 Å². The molecule has 0 radical (unpaired) electrons. The van der Waals surface area contributed by atoms with Crippen LogP contribution in [0.25, 0.3) is 0 Å². The molecule has 2 aromatic carbocycles. The second-order valence-corrected chi connectivity index (χ2v) is 8.60. The molecule has 1 fully saturated rings. The van der Waals surface area contributed by atoms with Crippen molar-refractivity contribution >= 4 is 15.9 Å². The van der Waals surface area contributed by atoms with E-state index in [1.54, 1.807) is 12.1 Å². The smallest absolute Gasteiger partial charge is 0.258 e. The van der Waals surface area contributed by atoms with E-state index in [4.69, 9.17) is 9.47 Å². The summed E-state index contributed by atoms with van der Waals surface area (Å²) in [6.07, 6.45) is 2.67. The van der Waals surface area contributed by atoms with Crippen molar-refractivity contribution in [3.05, 3.63) is 60.2 Å². The molecular weight excluding hydrogens is 392 g/mol. The topological polar surface area (TPSA) is 93.7 Å². The minimum Gasteiger partial charge on any atom is -0.484 e. The maximum absolute atomic E-state index is 12.4. The predicted molar refractivity (Wildman–Crippen MR) is 109 cm³/mol. The maximum Gasteiger partial charge on any atom is 0.258 e. The third-order valence-electron chi connectivity index (χ3n) is 4.60. The normalized spacial score (nSPS) is 16.5. The molecule has 1 aliphatic rings. The summed E-state index contributed by atoms with van der Waals surface area (Å²) >= 11 is 0. The van der Waals surface area contributed by atoms with E-state index < -0.39 is 10.0 Å². The summed E-state index contributed by atoms with van der Waals surface area (Å²) in [5.74, 6) is 0.195. The van der Waals surface area contributed by atoms with Crippen LogP contribution in [-0.4, -0.2) is 46.7 Å². The number of benzene rings is 2. The summed E-state index contributed by atoms with van der Waals surface area (Å²) in [7, 11) is -3.60. The fourth-order valence-electron chi connectivity index (χ4n) is 3.01. The van der Waals surface area contributed by atoms with Gasteiger partial charge in [0, 0.05) is 19.7 Å². The lowest BCUT2D eigenvalue weighted by molar-refractivity contribution is -0.123. The lowest BCUT2D eigenvalue weighted by atomic mass is 10.2. The molecule has 156 valence electrons. The van der Waals surface area contributed by atoms with Crippen molar-refractivity contribution in [2.75, 3.05) is 26.3 Å². The standard InChI is InChI=1S/C21H26N2O5S/c24-21(22-15-19-7-4-14-27-19)16-28-18-8-10-20(11-9-18)29(25,26)23-13-12-17-5-2-1-3-6-17/h1-3,5-6,8-11,19,23H,4,7,12-16H2,(H,22,24)/t19-/m0/s1. The summed E-state index contributed by atoms with van der Waals surface area (Å²) < 4.78 is 38.2. The Labute approximate surface area is 171 Å². The second kappa shape index (κ2) is 10.4. The van der Waals surface area contributed by atoms with Crippen LogP contribution in [-0.2, 0) is 26.0 Å². The number of hydrogen-bond acceptors (Lipinski definition) is 5. The zero-order chi connectivity index (χ0) is 20.5. The Balaban J connectivity index is 1.42. The molecule has 1 saturated heterocycles. The highest BCUT2D eigenvalue weighted by Crippen LogP contribution is 2.16. The van der Waals surface area contributed by atoms with Crippen LogP contribution in [0.2, 0.25) is 0 Å². The van der Waals surface area contributed by atoms with Gasteiger partial charge in [-0.2, -0.15) is 0 Å². The van der Waals surface area contributed by atoms with Crippen LogP contribution in [0.3, 0.4) is 0 Å². The van der Waals surface area contributed by atoms with Gasteiger partial charge in [0.2, 0.25) is 10.0 Å². The predicted octanol–water partition coefficient (Wildman–Crippen LogP) is 1.88. The number of sulfonamides is 1. The van der Waals surface area contributed by atoms with Crippen molar-refractivity contribution in [2.24, 2.45) is 0 Å². The van der Waals surface area contributed by atoms with Crippen molar-refractivity contribution < 1.29 is 22.7 Å². The average molecular weight is 419 g/mol. The molecule has 0 saturated carbocycles. The van der Waals surface area contributed by atoms with Crippen LogP contribution in [0.1, 0.15) is 18.4 Å². The van der Waals surface area contributed by atoms with Crippen molar-refractivity contribution in [1.82, 2.24) is 10.0 Å². The van der Waals surface area contributed by atoms with E-state index in [0.717, 1.165) is 25.0 Å². The quantitative estimate of drug-likeness (QED) is 0.615.